The molecule has 0 saturated carbocycles. The van der Waals surface area contributed by atoms with Gasteiger partial charge in [-0.15, -0.1) is 5.10 Å². The third-order valence-corrected chi connectivity index (χ3v) is 3.65. The van der Waals surface area contributed by atoms with Gasteiger partial charge in [-0.1, -0.05) is 11.3 Å². The number of pyridine rings is 1. The Morgan fingerprint density at radius 3 is 2.77 bits per heavy atom. The van der Waals surface area contributed by atoms with Gasteiger partial charge in [0.2, 0.25) is 0 Å². The van der Waals surface area contributed by atoms with Gasteiger partial charge in [0.25, 0.3) is 0 Å². The molecule has 0 aliphatic rings. The van der Waals surface area contributed by atoms with Crippen LogP contribution in [0.25, 0.3) is 28.2 Å². The number of hydrogen-bond acceptors (Lipinski definition) is 4. The first-order chi connectivity index (χ1) is 10.7. The van der Waals surface area contributed by atoms with Crippen LogP contribution in [0.3, 0.4) is 0 Å². The predicted molar refractivity (Wildman–Crippen MR) is 83.6 cm³/mol. The van der Waals surface area contributed by atoms with Crippen LogP contribution in [-0.2, 0) is 7.05 Å². The van der Waals surface area contributed by atoms with Gasteiger partial charge in [-0.2, -0.15) is 0 Å². The Labute approximate surface area is 127 Å². The van der Waals surface area contributed by atoms with Crippen molar-refractivity contribution in [3.63, 3.8) is 0 Å². The summed E-state index contributed by atoms with van der Waals surface area (Å²) < 4.78 is 3.77. The quantitative estimate of drug-likeness (QED) is 0.569. The summed E-state index contributed by atoms with van der Waals surface area (Å²) in [5, 5.41) is 8.20. The minimum Gasteiger partial charge on any atom is -0.298 e. The monoisotopic (exact) mass is 290 g/mol. The first kappa shape index (κ1) is 12.7. The molecule has 0 spiro atoms. The van der Waals surface area contributed by atoms with Crippen molar-refractivity contribution < 1.29 is 0 Å². The largest absolute Gasteiger partial charge is 0.298 e. The zero-order valence-corrected chi connectivity index (χ0v) is 12.3. The predicted octanol–water partition coefficient (Wildman–Crippen LogP) is 2.52. The SMILES string of the molecule is Cc1ccc(-c2nccn2-c2ccc3c(c2)nnn3C)nc1. The molecule has 1 aromatic carbocycles. The van der Waals surface area contributed by atoms with Crippen molar-refractivity contribution in [1.82, 2.24) is 29.5 Å². The summed E-state index contributed by atoms with van der Waals surface area (Å²) in [6.45, 7) is 2.02. The van der Waals surface area contributed by atoms with E-state index in [2.05, 4.69) is 20.3 Å². The fraction of sp³-hybridized carbons (Fsp3) is 0.125. The molecule has 3 heterocycles. The Bertz CT molecular complexity index is 948. The molecule has 108 valence electrons. The molecule has 22 heavy (non-hydrogen) atoms. The highest BCUT2D eigenvalue weighted by atomic mass is 15.4. The van der Waals surface area contributed by atoms with Crippen LogP contribution in [0.1, 0.15) is 5.56 Å². The van der Waals surface area contributed by atoms with Gasteiger partial charge in [-0.05, 0) is 36.8 Å². The van der Waals surface area contributed by atoms with E-state index >= 15 is 0 Å². The maximum atomic E-state index is 4.46. The average Bonchev–Trinajstić information content (AvgIpc) is 3.15. The molecule has 0 atom stereocenters. The molecule has 0 radical (unpaired) electrons. The summed E-state index contributed by atoms with van der Waals surface area (Å²) in [7, 11) is 1.88. The Balaban J connectivity index is 1.85. The standard InChI is InChI=1S/C16H14N6/c1-11-3-5-13(18-10-11)16-17-7-8-22(16)12-4-6-15-14(9-12)19-20-21(15)2/h3-10H,1-2H3. The van der Waals surface area contributed by atoms with Crippen LogP contribution in [0.4, 0.5) is 0 Å². The van der Waals surface area contributed by atoms with E-state index < -0.39 is 0 Å². The lowest BCUT2D eigenvalue weighted by atomic mass is 10.2. The molecule has 0 unspecified atom stereocenters. The lowest BCUT2D eigenvalue weighted by molar-refractivity contribution is 0.736. The van der Waals surface area contributed by atoms with E-state index in [4.69, 9.17) is 0 Å². The maximum absolute atomic E-state index is 4.46. The van der Waals surface area contributed by atoms with E-state index in [9.17, 15) is 0 Å². The second-order valence-corrected chi connectivity index (χ2v) is 5.23. The molecule has 0 bridgehead atoms. The molecule has 6 nitrogen and oxygen atoms in total. The summed E-state index contributed by atoms with van der Waals surface area (Å²) in [5.41, 5.74) is 4.82. The lowest BCUT2D eigenvalue weighted by Crippen LogP contribution is -1.98. The van der Waals surface area contributed by atoms with E-state index in [0.29, 0.717) is 0 Å². The van der Waals surface area contributed by atoms with E-state index in [1.54, 1.807) is 10.9 Å². The Morgan fingerprint density at radius 1 is 1.05 bits per heavy atom. The number of aryl methyl sites for hydroxylation is 2. The van der Waals surface area contributed by atoms with Crippen LogP contribution in [0, 0.1) is 6.92 Å². The first-order valence-corrected chi connectivity index (χ1v) is 6.98. The van der Waals surface area contributed by atoms with Gasteiger partial charge >= 0.3 is 0 Å². The van der Waals surface area contributed by atoms with Crippen LogP contribution >= 0.6 is 0 Å². The van der Waals surface area contributed by atoms with Gasteiger partial charge in [0.1, 0.15) is 11.2 Å². The van der Waals surface area contributed by atoms with Crippen LogP contribution in [0.2, 0.25) is 0 Å². The molecule has 0 fully saturated rings. The van der Waals surface area contributed by atoms with Crippen molar-refractivity contribution in [2.45, 2.75) is 6.92 Å². The van der Waals surface area contributed by atoms with Crippen molar-refractivity contribution in [1.29, 1.82) is 0 Å². The fourth-order valence-corrected chi connectivity index (χ4v) is 2.48. The van der Waals surface area contributed by atoms with E-state index in [1.165, 1.54) is 0 Å². The number of imidazole rings is 1. The topological polar surface area (TPSA) is 61.4 Å². The number of nitrogens with zero attached hydrogens (tertiary/aromatic N) is 6. The third kappa shape index (κ3) is 1.96. The van der Waals surface area contributed by atoms with Crippen molar-refractivity contribution in [2.24, 2.45) is 7.05 Å². The molecule has 4 rings (SSSR count). The summed E-state index contributed by atoms with van der Waals surface area (Å²) >= 11 is 0. The molecule has 4 aromatic rings. The van der Waals surface area contributed by atoms with Crippen molar-refractivity contribution in [3.05, 3.63) is 54.5 Å². The van der Waals surface area contributed by atoms with Gasteiger partial charge in [0, 0.05) is 31.3 Å². The second-order valence-electron chi connectivity index (χ2n) is 5.23. The van der Waals surface area contributed by atoms with Crippen molar-refractivity contribution >= 4 is 11.0 Å². The van der Waals surface area contributed by atoms with Gasteiger partial charge in [0.05, 0.1) is 5.52 Å². The normalized spacial score (nSPS) is 11.2. The number of benzene rings is 1. The Morgan fingerprint density at radius 2 is 1.95 bits per heavy atom. The number of aromatic nitrogens is 6. The smallest absolute Gasteiger partial charge is 0.163 e. The molecule has 0 aliphatic heterocycles. The van der Waals surface area contributed by atoms with Gasteiger partial charge in [-0.25, -0.2) is 9.67 Å². The molecule has 0 saturated heterocycles. The average molecular weight is 290 g/mol. The van der Waals surface area contributed by atoms with E-state index in [-0.39, 0.29) is 0 Å². The molecular formula is C16H14N6. The van der Waals surface area contributed by atoms with Crippen LogP contribution in [0.15, 0.2) is 48.9 Å². The molecule has 6 heteroatoms. The summed E-state index contributed by atoms with van der Waals surface area (Å²) in [4.78, 5) is 8.89. The highest BCUT2D eigenvalue weighted by Gasteiger charge is 2.10. The fourth-order valence-electron chi connectivity index (χ4n) is 2.48. The minimum atomic E-state index is 0.809. The van der Waals surface area contributed by atoms with Gasteiger partial charge in [-0.3, -0.25) is 9.55 Å². The minimum absolute atomic E-state index is 0.809. The van der Waals surface area contributed by atoms with E-state index in [0.717, 1.165) is 33.8 Å². The zero-order chi connectivity index (χ0) is 15.1. The van der Waals surface area contributed by atoms with Crippen molar-refractivity contribution in [3.8, 4) is 17.2 Å². The molecular weight excluding hydrogens is 276 g/mol. The van der Waals surface area contributed by atoms with Crippen LogP contribution in [-0.4, -0.2) is 29.5 Å². The zero-order valence-electron chi connectivity index (χ0n) is 12.3. The molecule has 0 amide bonds. The highest BCUT2D eigenvalue weighted by Crippen LogP contribution is 2.22. The van der Waals surface area contributed by atoms with Crippen molar-refractivity contribution in [2.75, 3.05) is 0 Å². The van der Waals surface area contributed by atoms with Gasteiger partial charge in [0.15, 0.2) is 5.82 Å². The number of rotatable bonds is 2. The van der Waals surface area contributed by atoms with Crippen LogP contribution in [0.5, 0.6) is 0 Å². The maximum Gasteiger partial charge on any atom is 0.163 e. The lowest BCUT2D eigenvalue weighted by Gasteiger charge is -2.07. The summed E-state index contributed by atoms with van der Waals surface area (Å²) in [5.74, 6) is 0.809. The third-order valence-electron chi connectivity index (χ3n) is 3.65. The van der Waals surface area contributed by atoms with Crippen LogP contribution < -0.4 is 0 Å². The van der Waals surface area contributed by atoms with Gasteiger partial charge < -0.3 is 0 Å². The van der Waals surface area contributed by atoms with E-state index in [1.807, 2.05) is 61.3 Å². The first-order valence-electron chi connectivity index (χ1n) is 6.98. The highest BCUT2D eigenvalue weighted by molar-refractivity contribution is 5.77. The second kappa shape index (κ2) is 4.77. The Hall–Kier alpha value is -3.02. The number of fused-ring (bicyclic) bond motifs is 1. The molecule has 3 aromatic heterocycles. The molecule has 0 N–H and O–H groups in total. The summed E-state index contributed by atoms with van der Waals surface area (Å²) in [6, 6.07) is 10.1. The summed E-state index contributed by atoms with van der Waals surface area (Å²) in [6.07, 6.45) is 5.55. The molecule has 0 aliphatic carbocycles. The Kier molecular flexibility index (Phi) is 2.75. The number of hydrogen-bond donors (Lipinski definition) is 0.